The number of non-ortho nitro benzene ring substituents is 1. The smallest absolute Gasteiger partial charge is 0.328 e. The Labute approximate surface area is 120 Å². The third-order valence-corrected chi connectivity index (χ3v) is 3.25. The van der Waals surface area contributed by atoms with E-state index in [1.807, 2.05) is 0 Å². The highest BCUT2D eigenvalue weighted by molar-refractivity contribution is 5.97. The summed E-state index contributed by atoms with van der Waals surface area (Å²) in [6.07, 6.45) is 1.76. The third-order valence-electron chi connectivity index (χ3n) is 3.25. The van der Waals surface area contributed by atoms with Gasteiger partial charge in [-0.2, -0.15) is 0 Å². The van der Waals surface area contributed by atoms with Gasteiger partial charge in [0, 0.05) is 36.9 Å². The first-order valence-electron chi connectivity index (χ1n) is 6.36. The molecule has 21 heavy (non-hydrogen) atoms. The number of nitrogens with zero attached hydrogens (tertiary/aromatic N) is 2. The van der Waals surface area contributed by atoms with Crippen molar-refractivity contribution in [3.8, 4) is 0 Å². The summed E-state index contributed by atoms with van der Waals surface area (Å²) in [5.41, 5.74) is 1.85. The number of aliphatic carboxylic acids is 1. The number of anilines is 1. The molecule has 0 aromatic heterocycles. The molecule has 1 aromatic rings. The molecule has 1 amide bonds. The van der Waals surface area contributed by atoms with Crippen LogP contribution in [-0.2, 0) is 16.0 Å². The minimum absolute atomic E-state index is 0.0131. The summed E-state index contributed by atoms with van der Waals surface area (Å²) in [5, 5.41) is 19.5. The highest BCUT2D eigenvalue weighted by Crippen LogP contribution is 2.31. The molecule has 110 valence electrons. The van der Waals surface area contributed by atoms with E-state index in [0.29, 0.717) is 17.7 Å². The molecule has 0 atom stereocenters. The van der Waals surface area contributed by atoms with Crippen molar-refractivity contribution < 1.29 is 19.6 Å². The highest BCUT2D eigenvalue weighted by Gasteiger charge is 2.25. The first-order valence-corrected chi connectivity index (χ1v) is 6.36. The number of hydrogen-bond acceptors (Lipinski definition) is 4. The number of carbonyl (C=O) groups excluding carboxylic acids is 1. The zero-order chi connectivity index (χ0) is 15.6. The van der Waals surface area contributed by atoms with Gasteiger partial charge in [0.1, 0.15) is 0 Å². The number of carbonyl (C=O) groups is 2. The number of benzene rings is 1. The Morgan fingerprint density at radius 2 is 2.19 bits per heavy atom. The van der Waals surface area contributed by atoms with Gasteiger partial charge in [-0.15, -0.1) is 0 Å². The number of amides is 1. The first-order chi connectivity index (χ1) is 9.88. The zero-order valence-electron chi connectivity index (χ0n) is 11.4. The molecule has 7 heteroatoms. The van der Waals surface area contributed by atoms with Crippen LogP contribution < -0.4 is 4.90 Å². The highest BCUT2D eigenvalue weighted by atomic mass is 16.6. The van der Waals surface area contributed by atoms with E-state index in [1.165, 1.54) is 17.0 Å². The lowest BCUT2D eigenvalue weighted by Gasteiger charge is -2.29. The number of aryl methyl sites for hydroxylation is 1. The molecule has 0 spiro atoms. The second kappa shape index (κ2) is 5.74. The van der Waals surface area contributed by atoms with Crippen molar-refractivity contribution in [3.63, 3.8) is 0 Å². The largest absolute Gasteiger partial charge is 0.478 e. The number of rotatable bonds is 4. The summed E-state index contributed by atoms with van der Waals surface area (Å²) in [7, 11) is 0. The van der Waals surface area contributed by atoms with E-state index in [0.717, 1.165) is 11.6 Å². The van der Waals surface area contributed by atoms with Crippen molar-refractivity contribution in [3.05, 3.63) is 45.5 Å². The Bertz CT molecular complexity index is 651. The molecule has 0 unspecified atom stereocenters. The van der Waals surface area contributed by atoms with Gasteiger partial charge in [0.15, 0.2) is 0 Å². The van der Waals surface area contributed by atoms with Crippen molar-refractivity contribution in [2.45, 2.75) is 19.8 Å². The molecular formula is C14H14N2O5. The van der Waals surface area contributed by atoms with E-state index in [4.69, 9.17) is 5.11 Å². The van der Waals surface area contributed by atoms with Gasteiger partial charge in [-0.05, 0) is 30.5 Å². The normalized spacial score (nSPS) is 14.8. The first kappa shape index (κ1) is 14.7. The summed E-state index contributed by atoms with van der Waals surface area (Å²) in [6.45, 7) is 1.79. The minimum atomic E-state index is -1.07. The van der Waals surface area contributed by atoms with Crippen molar-refractivity contribution in [2.24, 2.45) is 0 Å². The van der Waals surface area contributed by atoms with Gasteiger partial charge in [0.05, 0.1) is 4.92 Å². The Morgan fingerprint density at radius 1 is 1.48 bits per heavy atom. The quantitative estimate of drug-likeness (QED) is 0.518. The zero-order valence-corrected chi connectivity index (χ0v) is 11.4. The predicted octanol–water partition coefficient (Wildman–Crippen LogP) is 1.90. The van der Waals surface area contributed by atoms with Crippen molar-refractivity contribution in [1.29, 1.82) is 0 Å². The number of nitro groups is 1. The molecule has 0 saturated carbocycles. The maximum absolute atomic E-state index is 12.0. The van der Waals surface area contributed by atoms with Gasteiger partial charge in [-0.25, -0.2) is 4.79 Å². The van der Waals surface area contributed by atoms with Crippen molar-refractivity contribution in [1.82, 2.24) is 0 Å². The van der Waals surface area contributed by atoms with Crippen molar-refractivity contribution >= 4 is 23.3 Å². The molecule has 1 aliphatic heterocycles. The van der Waals surface area contributed by atoms with Crippen molar-refractivity contribution in [2.75, 3.05) is 11.4 Å². The van der Waals surface area contributed by atoms with E-state index in [9.17, 15) is 19.7 Å². The van der Waals surface area contributed by atoms with Gasteiger partial charge in [-0.3, -0.25) is 14.9 Å². The van der Waals surface area contributed by atoms with Crippen LogP contribution >= 0.6 is 0 Å². The SMILES string of the molecule is CC(=CC(=O)O)CN1C(=O)CCc2cc([N+](=O)[O-])ccc21. The number of nitro benzene ring substituents is 1. The molecule has 0 radical (unpaired) electrons. The van der Waals surface area contributed by atoms with E-state index in [2.05, 4.69) is 0 Å². The summed E-state index contributed by atoms with van der Waals surface area (Å²) in [5.74, 6) is -1.18. The average Bonchev–Trinajstić information content (AvgIpc) is 2.40. The van der Waals surface area contributed by atoms with Crippen LogP contribution in [0.3, 0.4) is 0 Å². The fourth-order valence-corrected chi connectivity index (χ4v) is 2.34. The van der Waals surface area contributed by atoms with Crippen LogP contribution in [0.1, 0.15) is 18.9 Å². The van der Waals surface area contributed by atoms with Gasteiger partial charge in [0.25, 0.3) is 5.69 Å². The average molecular weight is 290 g/mol. The lowest BCUT2D eigenvalue weighted by Crippen LogP contribution is -2.36. The number of fused-ring (bicyclic) bond motifs is 1. The standard InChI is InChI=1S/C14H14N2O5/c1-9(6-14(18)19)8-15-12-4-3-11(16(20)21)7-10(12)2-5-13(15)17/h3-4,6-7H,2,5,8H2,1H3,(H,18,19). The molecule has 1 aliphatic rings. The van der Waals surface area contributed by atoms with Crippen LogP contribution in [0.2, 0.25) is 0 Å². The monoisotopic (exact) mass is 290 g/mol. The van der Waals surface area contributed by atoms with Crippen LogP contribution in [0.15, 0.2) is 29.8 Å². The van der Waals surface area contributed by atoms with Gasteiger partial charge >= 0.3 is 5.97 Å². The van der Waals surface area contributed by atoms with Crippen LogP contribution in [0.5, 0.6) is 0 Å². The Hall–Kier alpha value is -2.70. The van der Waals surface area contributed by atoms with Gasteiger partial charge in [-0.1, -0.05) is 0 Å². The fraction of sp³-hybridized carbons (Fsp3) is 0.286. The fourth-order valence-electron chi connectivity index (χ4n) is 2.34. The molecule has 0 aliphatic carbocycles. The summed E-state index contributed by atoms with van der Waals surface area (Å²) < 4.78 is 0. The maximum atomic E-state index is 12.0. The molecule has 2 rings (SSSR count). The summed E-state index contributed by atoms with van der Waals surface area (Å²) in [6, 6.07) is 4.35. The number of hydrogen-bond donors (Lipinski definition) is 1. The summed E-state index contributed by atoms with van der Waals surface area (Å²) in [4.78, 5) is 34.4. The van der Waals surface area contributed by atoms with E-state index >= 15 is 0 Å². The van der Waals surface area contributed by atoms with Crippen LogP contribution in [-0.4, -0.2) is 28.5 Å². The maximum Gasteiger partial charge on any atom is 0.328 e. The molecule has 1 aromatic carbocycles. The van der Waals surface area contributed by atoms with Gasteiger partial charge in [0.2, 0.25) is 5.91 Å². The molecule has 0 fully saturated rings. The molecule has 1 heterocycles. The second-order valence-corrected chi connectivity index (χ2v) is 4.88. The molecule has 1 N–H and O–H groups in total. The number of carboxylic acid groups (broad SMARTS) is 1. The van der Waals surface area contributed by atoms with E-state index in [1.54, 1.807) is 13.0 Å². The van der Waals surface area contributed by atoms with Crippen LogP contribution in [0, 0.1) is 10.1 Å². The molecule has 0 bridgehead atoms. The summed E-state index contributed by atoms with van der Waals surface area (Å²) >= 11 is 0. The minimum Gasteiger partial charge on any atom is -0.478 e. The topological polar surface area (TPSA) is 101 Å². The van der Waals surface area contributed by atoms with Gasteiger partial charge < -0.3 is 10.0 Å². The van der Waals surface area contributed by atoms with Crippen LogP contribution in [0.25, 0.3) is 0 Å². The van der Waals surface area contributed by atoms with E-state index in [-0.39, 0.29) is 24.6 Å². The molecule has 0 saturated heterocycles. The Kier molecular flexibility index (Phi) is 4.02. The number of carboxylic acids is 1. The Morgan fingerprint density at radius 3 is 2.81 bits per heavy atom. The van der Waals surface area contributed by atoms with Crippen LogP contribution in [0.4, 0.5) is 11.4 Å². The lowest BCUT2D eigenvalue weighted by molar-refractivity contribution is -0.384. The third kappa shape index (κ3) is 3.25. The Balaban J connectivity index is 2.34. The molecular weight excluding hydrogens is 276 g/mol. The second-order valence-electron chi connectivity index (χ2n) is 4.88. The van der Waals surface area contributed by atoms with E-state index < -0.39 is 10.9 Å². The lowest BCUT2D eigenvalue weighted by atomic mass is 10.00. The molecule has 7 nitrogen and oxygen atoms in total. The predicted molar refractivity (Wildman–Crippen MR) is 75.2 cm³/mol.